The van der Waals surface area contributed by atoms with Crippen LogP contribution >= 0.6 is 12.2 Å². The van der Waals surface area contributed by atoms with Crippen molar-refractivity contribution in [3.8, 4) is 0 Å². The molecule has 5 nitrogen and oxygen atoms in total. The van der Waals surface area contributed by atoms with Gasteiger partial charge in [-0.15, -0.1) is 0 Å². The molecule has 31 heavy (non-hydrogen) atoms. The van der Waals surface area contributed by atoms with Gasteiger partial charge < -0.3 is 19.2 Å². The van der Waals surface area contributed by atoms with Crippen molar-refractivity contribution in [3.05, 3.63) is 51.1 Å². The van der Waals surface area contributed by atoms with Crippen LogP contribution in [0.4, 0.5) is 17.6 Å². The van der Waals surface area contributed by atoms with Gasteiger partial charge in [-0.2, -0.15) is 0 Å². The smallest absolute Gasteiger partial charge is 0.226 e. The molecule has 1 aromatic heterocycles. The number of ether oxygens (including phenoxy) is 1. The Morgan fingerprint density at radius 1 is 1.19 bits per heavy atom. The Morgan fingerprint density at radius 2 is 1.84 bits per heavy atom. The van der Waals surface area contributed by atoms with Crippen molar-refractivity contribution in [2.45, 2.75) is 38.1 Å². The molecular weight excluding hydrogens is 434 g/mol. The van der Waals surface area contributed by atoms with Crippen molar-refractivity contribution < 1.29 is 27.1 Å². The minimum absolute atomic E-state index is 0.0564. The Labute approximate surface area is 182 Å². The largest absolute Gasteiger partial charge is 0.381 e. The Bertz CT molecular complexity index is 1050. The van der Waals surface area contributed by atoms with Crippen molar-refractivity contribution in [2.24, 2.45) is 13.0 Å². The van der Waals surface area contributed by atoms with Crippen molar-refractivity contribution >= 4 is 18.1 Å². The molecule has 0 bridgehead atoms. The molecule has 0 saturated carbocycles. The van der Waals surface area contributed by atoms with Crippen LogP contribution in [-0.2, 0) is 36.0 Å². The molecule has 1 N–H and O–H groups in total. The van der Waals surface area contributed by atoms with E-state index in [4.69, 9.17) is 17.0 Å². The zero-order valence-corrected chi connectivity index (χ0v) is 17.8. The molecule has 1 amide bonds. The maximum atomic E-state index is 14.3. The van der Waals surface area contributed by atoms with Gasteiger partial charge in [-0.05, 0) is 37.4 Å². The Morgan fingerprint density at radius 3 is 2.48 bits per heavy atom. The fourth-order valence-electron chi connectivity index (χ4n) is 4.48. The number of aromatic nitrogens is 2. The first-order valence-corrected chi connectivity index (χ1v) is 10.6. The van der Waals surface area contributed by atoms with Crippen molar-refractivity contribution in [1.29, 1.82) is 0 Å². The lowest BCUT2D eigenvalue weighted by molar-refractivity contribution is -0.120. The van der Waals surface area contributed by atoms with E-state index in [9.17, 15) is 22.4 Å². The Hall–Kier alpha value is -2.20. The number of carbonyl (C=O) groups excluding carboxylic acids is 1. The standard InChI is InChI=1S/C21H23F4N3O2S/c1-27-15(8-17(29)26-9-11-2-4-30-5-3-11)16-6-12(10-28(16)21(27)31)18-19(24)13(22)7-14(23)20(18)25/h7,11-12H,2-6,8-10H2,1H3,(H,26,29). The van der Waals surface area contributed by atoms with E-state index in [1.54, 1.807) is 16.2 Å². The number of nitrogens with one attached hydrogen (secondary N) is 1. The summed E-state index contributed by atoms with van der Waals surface area (Å²) in [7, 11) is 1.73. The number of hydrogen-bond acceptors (Lipinski definition) is 3. The highest BCUT2D eigenvalue weighted by Crippen LogP contribution is 2.36. The summed E-state index contributed by atoms with van der Waals surface area (Å²) < 4.78 is 65.1. The molecule has 4 rings (SSSR count). The summed E-state index contributed by atoms with van der Waals surface area (Å²) in [6, 6.07) is 0.204. The van der Waals surface area contributed by atoms with Crippen LogP contribution in [0.15, 0.2) is 6.07 Å². The SMILES string of the molecule is Cn1c(CC(=O)NCC2CCOCC2)c2n(c1=S)CC(c1c(F)c(F)cc(F)c1F)C2. The lowest BCUT2D eigenvalue weighted by Crippen LogP contribution is -2.33. The maximum Gasteiger partial charge on any atom is 0.226 e. The normalized spacial score (nSPS) is 18.9. The predicted octanol–water partition coefficient (Wildman–Crippen LogP) is 3.54. The predicted molar refractivity (Wildman–Crippen MR) is 107 cm³/mol. The van der Waals surface area contributed by atoms with E-state index in [0.717, 1.165) is 12.8 Å². The van der Waals surface area contributed by atoms with E-state index in [2.05, 4.69) is 5.32 Å². The fourth-order valence-corrected chi connectivity index (χ4v) is 4.78. The molecule has 10 heteroatoms. The molecule has 0 radical (unpaired) electrons. The van der Waals surface area contributed by atoms with Crippen molar-refractivity contribution in [2.75, 3.05) is 19.8 Å². The minimum Gasteiger partial charge on any atom is -0.381 e. The van der Waals surface area contributed by atoms with Crippen LogP contribution < -0.4 is 5.32 Å². The third kappa shape index (κ3) is 4.15. The van der Waals surface area contributed by atoms with E-state index in [1.807, 2.05) is 0 Å². The van der Waals surface area contributed by atoms with Gasteiger partial charge >= 0.3 is 0 Å². The van der Waals surface area contributed by atoms with Crippen LogP contribution in [0.25, 0.3) is 0 Å². The molecule has 2 aliphatic heterocycles. The van der Waals surface area contributed by atoms with Gasteiger partial charge in [0.1, 0.15) is 0 Å². The molecule has 1 fully saturated rings. The summed E-state index contributed by atoms with van der Waals surface area (Å²) in [5.41, 5.74) is 0.671. The monoisotopic (exact) mass is 457 g/mol. The van der Waals surface area contributed by atoms with E-state index in [-0.39, 0.29) is 31.4 Å². The van der Waals surface area contributed by atoms with Crippen LogP contribution in [-0.4, -0.2) is 34.8 Å². The lowest BCUT2D eigenvalue weighted by atomic mass is 9.94. The molecule has 1 saturated heterocycles. The van der Waals surface area contributed by atoms with Gasteiger partial charge in [0.05, 0.1) is 6.42 Å². The number of benzene rings is 1. The van der Waals surface area contributed by atoms with Crippen LogP contribution in [0, 0.1) is 34.0 Å². The summed E-state index contributed by atoms with van der Waals surface area (Å²) in [6.45, 7) is 2.03. The highest BCUT2D eigenvalue weighted by molar-refractivity contribution is 7.71. The third-order valence-corrected chi connectivity index (χ3v) is 6.73. The van der Waals surface area contributed by atoms with Crippen LogP contribution in [0.3, 0.4) is 0 Å². The van der Waals surface area contributed by atoms with Gasteiger partial charge in [-0.25, -0.2) is 17.6 Å². The van der Waals surface area contributed by atoms with Gasteiger partial charge in [0, 0.05) is 62.3 Å². The third-order valence-electron chi connectivity index (χ3n) is 6.24. The van der Waals surface area contributed by atoms with Gasteiger partial charge in [-0.1, -0.05) is 0 Å². The van der Waals surface area contributed by atoms with Crippen LogP contribution in [0.5, 0.6) is 0 Å². The number of fused-ring (bicyclic) bond motifs is 1. The molecule has 1 aromatic carbocycles. The zero-order valence-electron chi connectivity index (χ0n) is 17.0. The molecule has 1 unspecified atom stereocenters. The molecular formula is C21H23F4N3O2S. The Balaban J connectivity index is 1.53. The number of hydrogen-bond donors (Lipinski definition) is 1. The second-order valence-corrected chi connectivity index (χ2v) is 8.53. The van der Waals surface area contributed by atoms with E-state index >= 15 is 0 Å². The zero-order chi connectivity index (χ0) is 22.3. The summed E-state index contributed by atoms with van der Waals surface area (Å²) in [5.74, 6) is -6.25. The first-order valence-electron chi connectivity index (χ1n) is 10.2. The quantitative estimate of drug-likeness (QED) is 0.425. The molecule has 0 aliphatic carbocycles. The van der Waals surface area contributed by atoms with Crippen molar-refractivity contribution in [3.63, 3.8) is 0 Å². The number of amides is 1. The van der Waals surface area contributed by atoms with E-state index in [1.165, 1.54) is 0 Å². The second-order valence-electron chi connectivity index (χ2n) is 8.17. The van der Waals surface area contributed by atoms with Crippen LogP contribution in [0.1, 0.15) is 35.7 Å². The number of nitrogens with zero attached hydrogens (tertiary/aromatic N) is 2. The maximum absolute atomic E-state index is 14.3. The second kappa shape index (κ2) is 8.74. The lowest BCUT2D eigenvalue weighted by Gasteiger charge is -2.22. The summed E-state index contributed by atoms with van der Waals surface area (Å²) >= 11 is 5.43. The molecule has 1 atom stereocenters. The minimum atomic E-state index is -1.43. The number of carbonyl (C=O) groups is 1. The fraction of sp³-hybridized carbons (Fsp3) is 0.524. The average Bonchev–Trinajstić information content (AvgIpc) is 3.27. The van der Waals surface area contributed by atoms with E-state index < -0.39 is 34.8 Å². The molecule has 168 valence electrons. The van der Waals surface area contributed by atoms with Gasteiger partial charge in [0.2, 0.25) is 5.91 Å². The number of halogens is 4. The molecule has 2 aliphatic rings. The topological polar surface area (TPSA) is 48.2 Å². The first-order chi connectivity index (χ1) is 14.8. The number of rotatable bonds is 5. The Kier molecular flexibility index (Phi) is 6.20. The molecule has 0 spiro atoms. The molecule has 3 heterocycles. The van der Waals surface area contributed by atoms with E-state index in [0.29, 0.717) is 41.8 Å². The molecule has 2 aromatic rings. The highest BCUT2D eigenvalue weighted by Gasteiger charge is 2.34. The van der Waals surface area contributed by atoms with Crippen molar-refractivity contribution in [1.82, 2.24) is 14.5 Å². The van der Waals surface area contributed by atoms with Crippen LogP contribution in [0.2, 0.25) is 0 Å². The van der Waals surface area contributed by atoms with Gasteiger partial charge in [0.25, 0.3) is 0 Å². The first kappa shape index (κ1) is 22.0. The number of imidazole rings is 1. The summed E-state index contributed by atoms with van der Waals surface area (Å²) in [5, 5.41) is 2.93. The summed E-state index contributed by atoms with van der Waals surface area (Å²) in [6.07, 6.45) is 1.98. The van der Waals surface area contributed by atoms with Gasteiger partial charge in [0.15, 0.2) is 28.0 Å². The average molecular weight is 457 g/mol. The summed E-state index contributed by atoms with van der Waals surface area (Å²) in [4.78, 5) is 12.5. The highest BCUT2D eigenvalue weighted by atomic mass is 32.1. The van der Waals surface area contributed by atoms with Gasteiger partial charge in [-0.3, -0.25) is 4.79 Å².